The van der Waals surface area contributed by atoms with Crippen LogP contribution in [0.25, 0.3) is 0 Å². The number of amides is 1. The molecule has 0 saturated carbocycles. The summed E-state index contributed by atoms with van der Waals surface area (Å²) in [6.07, 6.45) is 2.54. The van der Waals surface area contributed by atoms with E-state index in [-0.39, 0.29) is 29.9 Å². The van der Waals surface area contributed by atoms with Crippen molar-refractivity contribution in [2.75, 3.05) is 26.2 Å². The molecule has 0 atom stereocenters. The number of carbonyl (C=O) groups excluding carboxylic acids is 1. The number of nitrogens with zero attached hydrogens (tertiary/aromatic N) is 2. The fourth-order valence-corrected chi connectivity index (χ4v) is 3.42. The first kappa shape index (κ1) is 25.0. The van der Waals surface area contributed by atoms with Crippen molar-refractivity contribution in [2.24, 2.45) is 4.99 Å². The maximum Gasteiger partial charge on any atom is 0.222 e. The molecule has 1 heterocycles. The Bertz CT molecular complexity index is 829. The first-order valence-electron chi connectivity index (χ1n) is 10.8. The zero-order valence-electron chi connectivity index (χ0n) is 18.2. The smallest absolute Gasteiger partial charge is 0.222 e. The molecule has 1 fully saturated rings. The number of ether oxygens (including phenoxy) is 1. The average molecular weight is 536 g/mol. The van der Waals surface area contributed by atoms with Gasteiger partial charge < -0.3 is 20.3 Å². The fraction of sp³-hybridized carbons (Fsp3) is 0.417. The van der Waals surface area contributed by atoms with E-state index in [4.69, 9.17) is 9.73 Å². The minimum atomic E-state index is 0. The lowest BCUT2D eigenvalue weighted by atomic mass is 10.1. The Kier molecular flexibility index (Phi) is 11.2. The minimum Gasteiger partial charge on any atom is -0.494 e. The van der Waals surface area contributed by atoms with Crippen LogP contribution in [-0.2, 0) is 17.9 Å². The number of halogens is 1. The van der Waals surface area contributed by atoms with E-state index in [1.807, 2.05) is 41.3 Å². The predicted octanol–water partition coefficient (Wildman–Crippen LogP) is 3.95. The molecule has 0 radical (unpaired) electrons. The van der Waals surface area contributed by atoms with Crippen molar-refractivity contribution in [3.63, 3.8) is 0 Å². The van der Waals surface area contributed by atoms with Crippen LogP contribution in [0.3, 0.4) is 0 Å². The van der Waals surface area contributed by atoms with Gasteiger partial charge in [-0.25, -0.2) is 4.99 Å². The summed E-state index contributed by atoms with van der Waals surface area (Å²) in [5, 5.41) is 6.65. The van der Waals surface area contributed by atoms with Crippen molar-refractivity contribution in [3.8, 4) is 5.75 Å². The number of aliphatic imine (C=N–C) groups is 1. The molecule has 2 aromatic rings. The lowest BCUT2D eigenvalue weighted by Crippen LogP contribution is -2.38. The van der Waals surface area contributed by atoms with Gasteiger partial charge >= 0.3 is 0 Å². The fourth-order valence-electron chi connectivity index (χ4n) is 3.42. The first-order valence-corrected chi connectivity index (χ1v) is 10.8. The molecule has 0 unspecified atom stereocenters. The van der Waals surface area contributed by atoms with Crippen LogP contribution < -0.4 is 15.4 Å². The van der Waals surface area contributed by atoms with E-state index in [0.29, 0.717) is 26.1 Å². The van der Waals surface area contributed by atoms with Crippen molar-refractivity contribution in [3.05, 3.63) is 65.7 Å². The van der Waals surface area contributed by atoms with Crippen LogP contribution in [0, 0.1) is 0 Å². The molecule has 168 valence electrons. The molecule has 1 amide bonds. The third-order valence-corrected chi connectivity index (χ3v) is 4.93. The summed E-state index contributed by atoms with van der Waals surface area (Å²) in [6.45, 7) is 6.47. The Morgan fingerprint density at radius 3 is 2.65 bits per heavy atom. The van der Waals surface area contributed by atoms with E-state index in [9.17, 15) is 4.79 Å². The minimum absolute atomic E-state index is 0. The highest BCUT2D eigenvalue weighted by atomic mass is 127. The van der Waals surface area contributed by atoms with E-state index in [1.165, 1.54) is 0 Å². The largest absolute Gasteiger partial charge is 0.494 e. The molecule has 3 rings (SSSR count). The molecule has 7 heteroatoms. The molecular weight excluding hydrogens is 503 g/mol. The quantitative estimate of drug-likeness (QED) is 0.209. The van der Waals surface area contributed by atoms with Crippen LogP contribution in [0.5, 0.6) is 5.75 Å². The van der Waals surface area contributed by atoms with Gasteiger partial charge in [-0.1, -0.05) is 42.5 Å². The summed E-state index contributed by atoms with van der Waals surface area (Å²) in [5.74, 6) is 1.96. The number of guanidine groups is 1. The topological polar surface area (TPSA) is 66.0 Å². The van der Waals surface area contributed by atoms with Crippen molar-refractivity contribution in [2.45, 2.75) is 39.3 Å². The summed E-state index contributed by atoms with van der Waals surface area (Å²) in [5.41, 5.74) is 2.30. The second-order valence-electron chi connectivity index (χ2n) is 7.38. The molecule has 0 spiro atoms. The van der Waals surface area contributed by atoms with Gasteiger partial charge in [0.05, 0.1) is 13.2 Å². The average Bonchev–Trinajstić information content (AvgIpc) is 3.17. The zero-order chi connectivity index (χ0) is 21.0. The monoisotopic (exact) mass is 536 g/mol. The number of hydrogen-bond acceptors (Lipinski definition) is 3. The van der Waals surface area contributed by atoms with Crippen molar-refractivity contribution in [1.29, 1.82) is 0 Å². The van der Waals surface area contributed by atoms with Gasteiger partial charge in [0.15, 0.2) is 5.96 Å². The molecular formula is C24H33IN4O2. The van der Waals surface area contributed by atoms with Gasteiger partial charge in [0.25, 0.3) is 0 Å². The summed E-state index contributed by atoms with van der Waals surface area (Å²) in [4.78, 5) is 18.5. The standard InChI is InChI=1S/C24H32N4O2.HI/c1-2-25-24(26-14-8-16-30-22-11-4-3-5-12-22)27-18-20-9-6-10-21(17-20)19-28-15-7-13-23(28)29;/h3-6,9-12,17H,2,7-8,13-16,18-19H2,1H3,(H2,25,26,27);1H. The Morgan fingerprint density at radius 1 is 1.10 bits per heavy atom. The van der Waals surface area contributed by atoms with Gasteiger partial charge in [-0.05, 0) is 43.0 Å². The maximum absolute atomic E-state index is 11.9. The summed E-state index contributed by atoms with van der Waals surface area (Å²) in [6, 6.07) is 18.2. The van der Waals surface area contributed by atoms with Crippen LogP contribution in [0.15, 0.2) is 59.6 Å². The summed E-state index contributed by atoms with van der Waals surface area (Å²) in [7, 11) is 0. The summed E-state index contributed by atoms with van der Waals surface area (Å²) >= 11 is 0. The van der Waals surface area contributed by atoms with Gasteiger partial charge in [0.1, 0.15) is 5.75 Å². The van der Waals surface area contributed by atoms with Crippen LogP contribution in [0.1, 0.15) is 37.3 Å². The number of nitrogens with one attached hydrogen (secondary N) is 2. The van der Waals surface area contributed by atoms with E-state index >= 15 is 0 Å². The lowest BCUT2D eigenvalue weighted by molar-refractivity contribution is -0.128. The highest BCUT2D eigenvalue weighted by molar-refractivity contribution is 14.0. The van der Waals surface area contributed by atoms with E-state index in [1.54, 1.807) is 0 Å². The Balaban J connectivity index is 0.00000341. The Morgan fingerprint density at radius 2 is 1.90 bits per heavy atom. The zero-order valence-corrected chi connectivity index (χ0v) is 20.5. The number of rotatable bonds is 10. The van der Waals surface area contributed by atoms with E-state index in [0.717, 1.165) is 55.3 Å². The Labute approximate surface area is 202 Å². The normalized spacial score (nSPS) is 13.6. The highest BCUT2D eigenvalue weighted by Gasteiger charge is 2.19. The van der Waals surface area contributed by atoms with Crippen LogP contribution in [0.4, 0.5) is 0 Å². The van der Waals surface area contributed by atoms with Gasteiger partial charge in [-0.2, -0.15) is 0 Å². The molecule has 1 aliphatic heterocycles. The number of benzene rings is 2. The second kappa shape index (κ2) is 13.9. The first-order chi connectivity index (χ1) is 14.7. The second-order valence-corrected chi connectivity index (χ2v) is 7.38. The van der Waals surface area contributed by atoms with E-state index < -0.39 is 0 Å². The molecule has 0 aromatic heterocycles. The molecule has 0 aliphatic carbocycles. The number of para-hydroxylation sites is 1. The van der Waals surface area contributed by atoms with Crippen LogP contribution in [0.2, 0.25) is 0 Å². The van der Waals surface area contributed by atoms with Crippen molar-refractivity contribution in [1.82, 2.24) is 15.5 Å². The number of carbonyl (C=O) groups is 1. The molecule has 31 heavy (non-hydrogen) atoms. The number of hydrogen-bond donors (Lipinski definition) is 2. The van der Waals surface area contributed by atoms with Crippen molar-refractivity contribution >= 4 is 35.8 Å². The highest BCUT2D eigenvalue weighted by Crippen LogP contribution is 2.15. The molecule has 6 nitrogen and oxygen atoms in total. The third-order valence-electron chi connectivity index (χ3n) is 4.93. The number of likely N-dealkylation sites (tertiary alicyclic amines) is 1. The molecule has 2 N–H and O–H groups in total. The molecule has 2 aromatic carbocycles. The Hall–Kier alpha value is -2.29. The van der Waals surface area contributed by atoms with Crippen molar-refractivity contribution < 1.29 is 9.53 Å². The SMILES string of the molecule is CCNC(=NCc1cccc(CN2CCCC2=O)c1)NCCCOc1ccccc1.I. The third kappa shape index (κ3) is 8.77. The molecule has 1 saturated heterocycles. The maximum atomic E-state index is 11.9. The van der Waals surface area contributed by atoms with E-state index in [2.05, 4.69) is 35.8 Å². The van der Waals surface area contributed by atoms with Crippen LogP contribution >= 0.6 is 24.0 Å². The summed E-state index contributed by atoms with van der Waals surface area (Å²) < 4.78 is 5.72. The van der Waals surface area contributed by atoms with Gasteiger partial charge in [0.2, 0.25) is 5.91 Å². The molecule has 0 bridgehead atoms. The van der Waals surface area contributed by atoms with Gasteiger partial charge in [0, 0.05) is 32.6 Å². The van der Waals surface area contributed by atoms with Crippen LogP contribution in [-0.4, -0.2) is 43.0 Å². The lowest BCUT2D eigenvalue weighted by Gasteiger charge is -2.16. The predicted molar refractivity (Wildman–Crippen MR) is 136 cm³/mol. The van der Waals surface area contributed by atoms with Gasteiger partial charge in [-0.15, -0.1) is 24.0 Å². The van der Waals surface area contributed by atoms with Gasteiger partial charge in [-0.3, -0.25) is 4.79 Å². The molecule has 1 aliphatic rings.